The quantitative estimate of drug-likeness (QED) is 0.650. The minimum absolute atomic E-state index is 0.136. The molecular weight excluding hydrogens is 387 g/mol. The number of carbonyl (C=O) groups excluding carboxylic acids is 1. The van der Waals surface area contributed by atoms with Crippen molar-refractivity contribution in [1.82, 2.24) is 14.9 Å². The van der Waals surface area contributed by atoms with Gasteiger partial charge in [0.2, 0.25) is 5.28 Å². The van der Waals surface area contributed by atoms with Crippen molar-refractivity contribution in [3.63, 3.8) is 0 Å². The minimum atomic E-state index is -0.469. The molecule has 150 valence electrons. The van der Waals surface area contributed by atoms with Crippen LogP contribution < -0.4 is 4.90 Å². The van der Waals surface area contributed by atoms with Gasteiger partial charge in [0.05, 0.1) is 6.20 Å². The van der Waals surface area contributed by atoms with Crippen molar-refractivity contribution >= 4 is 35.1 Å². The average Bonchev–Trinajstić information content (AvgIpc) is 2.98. The van der Waals surface area contributed by atoms with E-state index in [-0.39, 0.29) is 16.8 Å². The Morgan fingerprint density at radius 2 is 2.11 bits per heavy atom. The average molecular weight is 415 g/mol. The lowest BCUT2D eigenvalue weighted by Gasteiger charge is -2.41. The molecule has 1 saturated carbocycles. The number of anilines is 1. The third-order valence-corrected chi connectivity index (χ3v) is 6.02. The van der Waals surface area contributed by atoms with E-state index in [1.54, 1.807) is 0 Å². The van der Waals surface area contributed by atoms with E-state index in [0.717, 1.165) is 45.2 Å². The summed E-state index contributed by atoms with van der Waals surface area (Å²) in [5, 5.41) is 0.699. The highest BCUT2D eigenvalue weighted by atomic mass is 35.5. The zero-order valence-electron chi connectivity index (χ0n) is 16.5. The molecule has 0 N–H and O–H groups in total. The second kappa shape index (κ2) is 7.63. The lowest BCUT2D eigenvalue weighted by molar-refractivity contribution is 0.00477. The number of likely N-dealkylation sites (tertiary alicyclic amines) is 1. The standard InChI is InChI=1S/C19H28Cl2N4O2/c1-18(2,3)27-17(26)25-9-5-7-19(12-25)8-6-13(10-19)24(4)15-14(20)11-22-16(21)23-15/h11,13H,5-10,12H2,1-4H3. The topological polar surface area (TPSA) is 58.6 Å². The first kappa shape index (κ1) is 20.5. The largest absolute Gasteiger partial charge is 0.444 e. The fourth-order valence-electron chi connectivity index (χ4n) is 4.33. The Morgan fingerprint density at radius 1 is 1.37 bits per heavy atom. The van der Waals surface area contributed by atoms with Crippen molar-refractivity contribution in [1.29, 1.82) is 0 Å². The molecule has 1 aromatic rings. The molecule has 0 aromatic carbocycles. The molecule has 1 amide bonds. The second-order valence-corrected chi connectivity index (χ2v) is 9.57. The molecule has 3 rings (SSSR count). The van der Waals surface area contributed by atoms with Crippen molar-refractivity contribution in [3.8, 4) is 0 Å². The summed E-state index contributed by atoms with van der Waals surface area (Å²) in [6.07, 6.45) is 6.60. The van der Waals surface area contributed by atoms with E-state index in [2.05, 4.69) is 14.9 Å². The van der Waals surface area contributed by atoms with Gasteiger partial charge < -0.3 is 14.5 Å². The summed E-state index contributed by atoms with van der Waals surface area (Å²) < 4.78 is 5.58. The molecule has 1 aliphatic heterocycles. The van der Waals surface area contributed by atoms with Crippen LogP contribution in [0.25, 0.3) is 0 Å². The van der Waals surface area contributed by atoms with Crippen molar-refractivity contribution in [3.05, 3.63) is 16.5 Å². The monoisotopic (exact) mass is 414 g/mol. The summed E-state index contributed by atoms with van der Waals surface area (Å²) in [5.41, 5.74) is -0.333. The number of nitrogens with zero attached hydrogens (tertiary/aromatic N) is 4. The molecular formula is C19H28Cl2N4O2. The van der Waals surface area contributed by atoms with Gasteiger partial charge in [0.1, 0.15) is 10.6 Å². The van der Waals surface area contributed by atoms with Crippen LogP contribution in [0.15, 0.2) is 6.20 Å². The van der Waals surface area contributed by atoms with Gasteiger partial charge >= 0.3 is 6.09 Å². The van der Waals surface area contributed by atoms with Gasteiger partial charge in [0.15, 0.2) is 5.82 Å². The number of aromatic nitrogens is 2. The molecule has 1 aliphatic carbocycles. The maximum absolute atomic E-state index is 12.5. The van der Waals surface area contributed by atoms with Crippen LogP contribution in [-0.2, 0) is 4.74 Å². The van der Waals surface area contributed by atoms with Gasteiger partial charge in [-0.25, -0.2) is 9.78 Å². The predicted octanol–water partition coefficient (Wildman–Crippen LogP) is 4.79. The Labute approximate surface area is 171 Å². The lowest BCUT2D eigenvalue weighted by atomic mass is 9.78. The smallest absolute Gasteiger partial charge is 0.410 e. The molecule has 2 atom stereocenters. The summed E-state index contributed by atoms with van der Waals surface area (Å²) >= 11 is 12.2. The summed E-state index contributed by atoms with van der Waals surface area (Å²) in [6.45, 7) is 7.24. The predicted molar refractivity (Wildman–Crippen MR) is 108 cm³/mol. The highest BCUT2D eigenvalue weighted by Crippen LogP contribution is 2.47. The van der Waals surface area contributed by atoms with Gasteiger partial charge in [-0.2, -0.15) is 4.98 Å². The number of piperidine rings is 1. The Hall–Kier alpha value is -1.27. The molecule has 1 spiro atoms. The van der Waals surface area contributed by atoms with Gasteiger partial charge in [0, 0.05) is 26.2 Å². The molecule has 0 bridgehead atoms. The maximum atomic E-state index is 12.5. The fraction of sp³-hybridized carbons (Fsp3) is 0.737. The molecule has 6 nitrogen and oxygen atoms in total. The minimum Gasteiger partial charge on any atom is -0.444 e. The van der Waals surface area contributed by atoms with E-state index in [0.29, 0.717) is 16.9 Å². The molecule has 2 fully saturated rings. The third-order valence-electron chi connectivity index (χ3n) is 5.57. The van der Waals surface area contributed by atoms with Gasteiger partial charge in [-0.3, -0.25) is 0 Å². The molecule has 2 unspecified atom stereocenters. The molecule has 0 radical (unpaired) electrons. The van der Waals surface area contributed by atoms with Crippen LogP contribution >= 0.6 is 23.2 Å². The van der Waals surface area contributed by atoms with E-state index < -0.39 is 5.60 Å². The number of halogens is 2. The number of ether oxygens (including phenoxy) is 1. The SMILES string of the molecule is CN(c1nc(Cl)ncc1Cl)C1CCC2(CCCN(C(=O)OC(C)(C)C)C2)C1. The molecule has 1 aromatic heterocycles. The Bertz CT molecular complexity index is 709. The molecule has 27 heavy (non-hydrogen) atoms. The zero-order chi connectivity index (χ0) is 19.8. The van der Waals surface area contributed by atoms with Crippen LogP contribution in [0, 0.1) is 5.41 Å². The number of rotatable bonds is 2. The molecule has 2 aliphatic rings. The first-order valence-corrected chi connectivity index (χ1v) is 10.2. The first-order valence-electron chi connectivity index (χ1n) is 9.47. The number of hydrogen-bond donors (Lipinski definition) is 0. The molecule has 2 heterocycles. The number of carbonyl (C=O) groups is 1. The fourth-order valence-corrected chi connectivity index (χ4v) is 4.68. The van der Waals surface area contributed by atoms with Gasteiger partial charge in [-0.15, -0.1) is 0 Å². The van der Waals surface area contributed by atoms with Gasteiger partial charge in [-0.05, 0) is 69.9 Å². The molecule has 1 saturated heterocycles. The van der Waals surface area contributed by atoms with Crippen molar-refractivity contribution < 1.29 is 9.53 Å². The van der Waals surface area contributed by atoms with Crippen LogP contribution in [0.2, 0.25) is 10.3 Å². The van der Waals surface area contributed by atoms with E-state index >= 15 is 0 Å². The van der Waals surface area contributed by atoms with Crippen molar-refractivity contribution in [2.45, 2.75) is 64.5 Å². The summed E-state index contributed by atoms with van der Waals surface area (Å²) in [4.78, 5) is 24.7. The molecule has 8 heteroatoms. The van der Waals surface area contributed by atoms with Gasteiger partial charge in [-0.1, -0.05) is 11.6 Å². The number of amides is 1. The van der Waals surface area contributed by atoms with Crippen molar-refractivity contribution in [2.75, 3.05) is 25.0 Å². The second-order valence-electron chi connectivity index (χ2n) is 8.82. The van der Waals surface area contributed by atoms with Crippen molar-refractivity contribution in [2.24, 2.45) is 5.41 Å². The Kier molecular flexibility index (Phi) is 5.78. The number of hydrogen-bond acceptors (Lipinski definition) is 5. The zero-order valence-corrected chi connectivity index (χ0v) is 18.0. The maximum Gasteiger partial charge on any atom is 0.410 e. The Morgan fingerprint density at radius 3 is 2.81 bits per heavy atom. The van der Waals surface area contributed by atoms with Crippen LogP contribution in [0.3, 0.4) is 0 Å². The summed E-state index contributed by atoms with van der Waals surface area (Å²) in [6, 6.07) is 0.312. The Balaban J connectivity index is 1.68. The van der Waals surface area contributed by atoms with E-state index in [1.165, 1.54) is 6.20 Å². The summed E-state index contributed by atoms with van der Waals surface area (Å²) in [7, 11) is 2.00. The lowest BCUT2D eigenvalue weighted by Crippen LogP contribution is -2.47. The highest BCUT2D eigenvalue weighted by molar-refractivity contribution is 6.33. The normalized spacial score (nSPS) is 25.7. The highest BCUT2D eigenvalue weighted by Gasteiger charge is 2.45. The van der Waals surface area contributed by atoms with Crippen LogP contribution in [0.4, 0.5) is 10.6 Å². The van der Waals surface area contributed by atoms with E-state index in [1.807, 2.05) is 32.7 Å². The van der Waals surface area contributed by atoms with Gasteiger partial charge in [0.25, 0.3) is 0 Å². The van der Waals surface area contributed by atoms with Crippen LogP contribution in [0.5, 0.6) is 0 Å². The van der Waals surface area contributed by atoms with E-state index in [9.17, 15) is 4.79 Å². The summed E-state index contributed by atoms with van der Waals surface area (Å²) in [5.74, 6) is 0.665. The third kappa shape index (κ3) is 4.77. The van der Waals surface area contributed by atoms with E-state index in [4.69, 9.17) is 27.9 Å². The first-order chi connectivity index (χ1) is 12.6. The van der Waals surface area contributed by atoms with Crippen LogP contribution in [0.1, 0.15) is 52.9 Å². The van der Waals surface area contributed by atoms with Crippen LogP contribution in [-0.4, -0.2) is 52.7 Å².